The summed E-state index contributed by atoms with van der Waals surface area (Å²) in [6, 6.07) is 4.81. The zero-order chi connectivity index (χ0) is 22.9. The van der Waals surface area contributed by atoms with Gasteiger partial charge in [-0.25, -0.2) is 0 Å². The number of hydrogen-bond acceptors (Lipinski definition) is 4. The summed E-state index contributed by atoms with van der Waals surface area (Å²) in [7, 11) is -0.867. The Bertz CT molecular complexity index is 766. The number of ketones is 1. The normalized spacial score (nSPS) is 22.0. The summed E-state index contributed by atoms with van der Waals surface area (Å²) in [5.74, 6) is -1.40. The highest BCUT2D eigenvalue weighted by molar-refractivity contribution is 6.69. The Morgan fingerprint density at radius 3 is 2.17 bits per heavy atom. The maximum Gasteiger partial charge on any atom is 0.416 e. The number of Topliss-reactive ketones (excluding diaryl/α,β-unsaturated/α-hetero) is 1. The predicted molar refractivity (Wildman–Crippen MR) is 110 cm³/mol. The van der Waals surface area contributed by atoms with E-state index in [0.29, 0.717) is 24.8 Å². The van der Waals surface area contributed by atoms with E-state index in [4.69, 9.17) is 9.16 Å². The minimum Gasteiger partial charge on any atom is -0.469 e. The van der Waals surface area contributed by atoms with Crippen LogP contribution in [0.25, 0.3) is 0 Å². The van der Waals surface area contributed by atoms with Gasteiger partial charge in [0.25, 0.3) is 0 Å². The Hall–Kier alpha value is -1.67. The third-order valence-corrected chi connectivity index (χ3v) is 6.72. The Kier molecular flexibility index (Phi) is 7.24. The lowest BCUT2D eigenvalue weighted by molar-refractivity contribution is -0.159. The van der Waals surface area contributed by atoms with Crippen molar-refractivity contribution in [3.05, 3.63) is 35.4 Å². The summed E-state index contributed by atoms with van der Waals surface area (Å²) in [6.45, 7) is 9.42. The molecule has 2 rings (SSSR count). The van der Waals surface area contributed by atoms with Crippen LogP contribution in [0.2, 0.25) is 19.6 Å². The van der Waals surface area contributed by atoms with Crippen molar-refractivity contribution in [3.8, 4) is 0 Å². The Morgan fingerprint density at radius 2 is 1.70 bits per heavy atom. The fourth-order valence-corrected chi connectivity index (χ4v) is 5.31. The molecule has 0 aliphatic heterocycles. The summed E-state index contributed by atoms with van der Waals surface area (Å²) >= 11 is 0. The minimum absolute atomic E-state index is 0.0219. The molecule has 0 spiro atoms. The molecule has 0 unspecified atom stereocenters. The van der Waals surface area contributed by atoms with Crippen LogP contribution in [-0.2, 0) is 24.9 Å². The molecule has 0 radical (unpaired) electrons. The molecule has 1 saturated carbocycles. The molecule has 1 aliphatic rings. The summed E-state index contributed by atoms with van der Waals surface area (Å²) in [6.07, 6.45) is -3.48. The van der Waals surface area contributed by atoms with Gasteiger partial charge in [0, 0.05) is 6.42 Å². The van der Waals surface area contributed by atoms with E-state index in [1.807, 2.05) is 19.6 Å². The number of halogens is 3. The summed E-state index contributed by atoms with van der Waals surface area (Å²) in [5, 5.41) is 0. The standard InChI is InChI=1S/C22H31F3O4Si/c1-21(2,20(27)28-3)16-8-7-9-17(26)18(16)19(29-30(4,5)6)14-10-12-15(13-11-14)22(23,24)25/h10-13,16,18-19H,7-9H2,1-6H3/t16-,18+,19-/m0/s1. The first kappa shape index (κ1) is 24.6. The fraction of sp³-hybridized carbons (Fsp3) is 0.636. The lowest BCUT2D eigenvalue weighted by Crippen LogP contribution is -2.47. The van der Waals surface area contributed by atoms with E-state index in [1.54, 1.807) is 13.8 Å². The van der Waals surface area contributed by atoms with Crippen molar-refractivity contribution in [2.45, 2.75) is 65.0 Å². The van der Waals surface area contributed by atoms with Crippen LogP contribution in [0.4, 0.5) is 13.2 Å². The van der Waals surface area contributed by atoms with Gasteiger partial charge in [0.1, 0.15) is 5.78 Å². The van der Waals surface area contributed by atoms with Crippen LogP contribution in [0, 0.1) is 17.3 Å². The lowest BCUT2D eigenvalue weighted by Gasteiger charge is -2.44. The zero-order valence-electron chi connectivity index (χ0n) is 18.4. The molecular formula is C22H31F3O4Si. The van der Waals surface area contributed by atoms with Crippen LogP contribution in [0.5, 0.6) is 0 Å². The van der Waals surface area contributed by atoms with Crippen molar-refractivity contribution in [3.63, 3.8) is 0 Å². The van der Waals surface area contributed by atoms with E-state index in [0.717, 1.165) is 12.1 Å². The number of rotatable bonds is 6. The first-order chi connectivity index (χ1) is 13.7. The SMILES string of the molecule is COC(=O)C(C)(C)[C@H]1CCCC(=O)[C@@H]1[C@@H](O[Si](C)(C)C)c1ccc(C(F)(F)F)cc1. The number of carbonyl (C=O) groups excluding carboxylic acids is 2. The van der Waals surface area contributed by atoms with Crippen LogP contribution < -0.4 is 0 Å². The van der Waals surface area contributed by atoms with Crippen molar-refractivity contribution in [2.75, 3.05) is 7.11 Å². The second-order valence-electron chi connectivity index (χ2n) is 9.47. The van der Waals surface area contributed by atoms with E-state index < -0.39 is 43.5 Å². The zero-order valence-corrected chi connectivity index (χ0v) is 19.4. The van der Waals surface area contributed by atoms with Gasteiger partial charge in [0.2, 0.25) is 0 Å². The average Bonchev–Trinajstić information content (AvgIpc) is 2.64. The monoisotopic (exact) mass is 444 g/mol. The second kappa shape index (κ2) is 8.83. The second-order valence-corrected chi connectivity index (χ2v) is 13.9. The van der Waals surface area contributed by atoms with Gasteiger partial charge < -0.3 is 9.16 Å². The third-order valence-electron chi connectivity index (χ3n) is 5.76. The van der Waals surface area contributed by atoms with Gasteiger partial charge in [0.05, 0.1) is 30.1 Å². The topological polar surface area (TPSA) is 52.6 Å². The van der Waals surface area contributed by atoms with Crippen LogP contribution in [0.3, 0.4) is 0 Å². The van der Waals surface area contributed by atoms with E-state index >= 15 is 0 Å². The molecule has 8 heteroatoms. The van der Waals surface area contributed by atoms with Crippen LogP contribution in [0.1, 0.15) is 50.3 Å². The summed E-state index contributed by atoms with van der Waals surface area (Å²) in [4.78, 5) is 25.6. The molecule has 1 aromatic rings. The smallest absolute Gasteiger partial charge is 0.416 e. The van der Waals surface area contributed by atoms with Crippen molar-refractivity contribution in [1.82, 2.24) is 0 Å². The molecule has 0 bridgehead atoms. The van der Waals surface area contributed by atoms with E-state index in [9.17, 15) is 22.8 Å². The van der Waals surface area contributed by atoms with Crippen molar-refractivity contribution in [2.24, 2.45) is 17.3 Å². The van der Waals surface area contributed by atoms with Crippen LogP contribution >= 0.6 is 0 Å². The summed E-state index contributed by atoms with van der Waals surface area (Å²) in [5.41, 5.74) is -1.15. The van der Waals surface area contributed by atoms with E-state index in [1.165, 1.54) is 19.2 Å². The Morgan fingerprint density at radius 1 is 1.13 bits per heavy atom. The highest BCUT2D eigenvalue weighted by Crippen LogP contribution is 2.48. The molecule has 0 saturated heterocycles. The molecule has 0 heterocycles. The summed E-state index contributed by atoms with van der Waals surface area (Å²) < 4.78 is 50.4. The van der Waals surface area contributed by atoms with Gasteiger partial charge in [-0.05, 0) is 69.9 Å². The number of carbonyl (C=O) groups is 2. The Labute approximate surface area is 177 Å². The highest BCUT2D eigenvalue weighted by atomic mass is 28.4. The van der Waals surface area contributed by atoms with Gasteiger partial charge >= 0.3 is 12.1 Å². The molecule has 4 nitrogen and oxygen atoms in total. The van der Waals surface area contributed by atoms with E-state index in [2.05, 4.69) is 0 Å². The van der Waals surface area contributed by atoms with Crippen LogP contribution in [0.15, 0.2) is 24.3 Å². The number of methoxy groups -OCH3 is 1. The molecule has 3 atom stereocenters. The number of hydrogen-bond donors (Lipinski definition) is 0. The molecule has 1 aromatic carbocycles. The van der Waals surface area contributed by atoms with Gasteiger partial charge in [0.15, 0.2) is 8.32 Å². The van der Waals surface area contributed by atoms with Crippen molar-refractivity contribution >= 4 is 20.1 Å². The predicted octanol–water partition coefficient (Wildman–Crippen LogP) is 5.78. The fourth-order valence-electron chi connectivity index (χ4n) is 4.26. The molecule has 1 fully saturated rings. The first-order valence-corrected chi connectivity index (χ1v) is 13.6. The maximum absolute atomic E-state index is 13.1. The number of esters is 1. The molecule has 168 valence electrons. The van der Waals surface area contributed by atoms with Gasteiger partial charge in [-0.15, -0.1) is 0 Å². The largest absolute Gasteiger partial charge is 0.469 e. The highest BCUT2D eigenvalue weighted by Gasteiger charge is 2.50. The lowest BCUT2D eigenvalue weighted by atomic mass is 9.62. The number of ether oxygens (including phenoxy) is 1. The number of alkyl halides is 3. The molecular weight excluding hydrogens is 413 g/mol. The molecule has 30 heavy (non-hydrogen) atoms. The van der Waals surface area contributed by atoms with Gasteiger partial charge in [-0.2, -0.15) is 13.2 Å². The van der Waals surface area contributed by atoms with E-state index in [-0.39, 0.29) is 11.7 Å². The first-order valence-electron chi connectivity index (χ1n) is 10.1. The van der Waals surface area contributed by atoms with Crippen molar-refractivity contribution < 1.29 is 31.9 Å². The average molecular weight is 445 g/mol. The molecule has 0 N–H and O–H groups in total. The number of benzene rings is 1. The molecule has 0 amide bonds. The minimum atomic E-state index is -4.44. The molecule has 1 aliphatic carbocycles. The Balaban J connectivity index is 2.54. The quantitative estimate of drug-likeness (QED) is 0.412. The van der Waals surface area contributed by atoms with Crippen LogP contribution in [-0.4, -0.2) is 27.2 Å². The maximum atomic E-state index is 13.1. The van der Waals surface area contributed by atoms with Crippen molar-refractivity contribution in [1.29, 1.82) is 0 Å². The van der Waals surface area contributed by atoms with Gasteiger partial charge in [-0.1, -0.05) is 12.1 Å². The van der Waals surface area contributed by atoms with Gasteiger partial charge in [-0.3, -0.25) is 9.59 Å². The third kappa shape index (κ3) is 5.52. The molecule has 0 aromatic heterocycles.